The van der Waals surface area contributed by atoms with Crippen molar-refractivity contribution in [1.82, 2.24) is 5.32 Å². The lowest BCUT2D eigenvalue weighted by molar-refractivity contribution is -0.384. The molecule has 0 heterocycles. The van der Waals surface area contributed by atoms with Crippen molar-refractivity contribution in [3.63, 3.8) is 0 Å². The van der Waals surface area contributed by atoms with Gasteiger partial charge >= 0.3 is 0 Å². The minimum Gasteiger partial charge on any atom is -0.378 e. The van der Waals surface area contributed by atoms with E-state index in [-0.39, 0.29) is 11.6 Å². The predicted molar refractivity (Wildman–Crippen MR) is 65.0 cm³/mol. The van der Waals surface area contributed by atoms with Crippen LogP contribution in [0.2, 0.25) is 0 Å². The van der Waals surface area contributed by atoms with Gasteiger partial charge < -0.3 is 10.6 Å². The molecule has 92 valence electrons. The van der Waals surface area contributed by atoms with Crippen molar-refractivity contribution < 1.29 is 9.72 Å². The van der Waals surface area contributed by atoms with Crippen LogP contribution >= 0.6 is 0 Å². The van der Waals surface area contributed by atoms with Gasteiger partial charge in [0.25, 0.3) is 5.69 Å². The molecule has 6 heteroatoms. The summed E-state index contributed by atoms with van der Waals surface area (Å²) in [6, 6.07) is 4.98. The van der Waals surface area contributed by atoms with E-state index in [1.54, 1.807) is 19.1 Å². The molecule has 6 nitrogen and oxygen atoms in total. The van der Waals surface area contributed by atoms with Gasteiger partial charge in [0.1, 0.15) is 5.69 Å². The molecule has 0 fully saturated rings. The molecular weight excluding hydrogens is 222 g/mol. The molecule has 0 saturated heterocycles. The van der Waals surface area contributed by atoms with Gasteiger partial charge in [0.2, 0.25) is 5.91 Å². The summed E-state index contributed by atoms with van der Waals surface area (Å²) < 4.78 is 0. The van der Waals surface area contributed by atoms with Crippen LogP contribution in [0.5, 0.6) is 0 Å². The molecule has 1 amide bonds. The maximum absolute atomic E-state index is 10.8. The van der Waals surface area contributed by atoms with E-state index in [0.717, 1.165) is 5.56 Å². The number of amides is 1. The van der Waals surface area contributed by atoms with Gasteiger partial charge in [-0.25, -0.2) is 0 Å². The van der Waals surface area contributed by atoms with Crippen LogP contribution in [0.3, 0.4) is 0 Å². The molecule has 0 atom stereocenters. The van der Waals surface area contributed by atoms with E-state index in [1.165, 1.54) is 13.0 Å². The topological polar surface area (TPSA) is 84.3 Å². The van der Waals surface area contributed by atoms with Crippen molar-refractivity contribution in [2.75, 3.05) is 18.4 Å². The lowest BCUT2D eigenvalue weighted by atomic mass is 10.2. The Morgan fingerprint density at radius 2 is 2.12 bits per heavy atom. The molecule has 0 aliphatic heterocycles. The highest BCUT2D eigenvalue weighted by atomic mass is 16.6. The quantitative estimate of drug-likeness (QED) is 0.461. The van der Waals surface area contributed by atoms with Gasteiger partial charge in [0.15, 0.2) is 0 Å². The van der Waals surface area contributed by atoms with E-state index < -0.39 is 4.92 Å². The smallest absolute Gasteiger partial charge is 0.292 e. The summed E-state index contributed by atoms with van der Waals surface area (Å²) in [5.74, 6) is -0.120. The Morgan fingerprint density at radius 3 is 2.71 bits per heavy atom. The third kappa shape index (κ3) is 4.10. The summed E-state index contributed by atoms with van der Waals surface area (Å²) >= 11 is 0. The molecule has 1 rings (SSSR count). The average Bonchev–Trinajstić information content (AvgIpc) is 2.25. The average molecular weight is 237 g/mol. The first-order valence-electron chi connectivity index (χ1n) is 5.24. The first-order chi connectivity index (χ1) is 8.00. The largest absolute Gasteiger partial charge is 0.378 e. The summed E-state index contributed by atoms with van der Waals surface area (Å²) in [7, 11) is 0. The first kappa shape index (κ1) is 13.0. The summed E-state index contributed by atoms with van der Waals surface area (Å²) in [4.78, 5) is 21.0. The highest BCUT2D eigenvalue weighted by molar-refractivity contribution is 5.72. The summed E-state index contributed by atoms with van der Waals surface area (Å²) in [5, 5.41) is 16.3. The van der Waals surface area contributed by atoms with E-state index in [2.05, 4.69) is 10.6 Å². The van der Waals surface area contributed by atoms with Crippen LogP contribution in [0, 0.1) is 17.0 Å². The van der Waals surface area contributed by atoms with Crippen LogP contribution in [-0.4, -0.2) is 23.9 Å². The molecule has 0 aliphatic rings. The molecule has 0 radical (unpaired) electrons. The zero-order valence-corrected chi connectivity index (χ0v) is 9.82. The number of rotatable bonds is 5. The molecule has 2 N–H and O–H groups in total. The molecule has 0 aliphatic carbocycles. The lowest BCUT2D eigenvalue weighted by Crippen LogP contribution is -2.26. The number of nitro groups is 1. The van der Waals surface area contributed by atoms with E-state index >= 15 is 0 Å². The minimum atomic E-state index is -0.423. The Morgan fingerprint density at radius 1 is 1.41 bits per heavy atom. The Labute approximate surface area is 99.2 Å². The van der Waals surface area contributed by atoms with Crippen molar-refractivity contribution in [2.24, 2.45) is 0 Å². The molecule has 0 aromatic heterocycles. The number of hydrogen-bond acceptors (Lipinski definition) is 4. The van der Waals surface area contributed by atoms with Gasteiger partial charge in [-0.3, -0.25) is 14.9 Å². The van der Waals surface area contributed by atoms with E-state index in [4.69, 9.17) is 0 Å². The van der Waals surface area contributed by atoms with Crippen molar-refractivity contribution in [3.05, 3.63) is 33.9 Å². The van der Waals surface area contributed by atoms with E-state index in [1.807, 2.05) is 0 Å². The second kappa shape index (κ2) is 5.83. The molecule has 1 aromatic rings. The van der Waals surface area contributed by atoms with Gasteiger partial charge in [0.05, 0.1) is 4.92 Å². The van der Waals surface area contributed by atoms with Gasteiger partial charge in [-0.05, 0) is 18.6 Å². The molecular formula is C11H15N3O3. The number of nitrogens with one attached hydrogen (secondary N) is 2. The Balaban J connectivity index is 2.64. The number of nitro benzene ring substituents is 1. The fraction of sp³-hybridized carbons (Fsp3) is 0.364. The van der Waals surface area contributed by atoms with Crippen molar-refractivity contribution in [2.45, 2.75) is 13.8 Å². The van der Waals surface area contributed by atoms with Crippen molar-refractivity contribution >= 4 is 17.3 Å². The predicted octanol–water partition coefficient (Wildman–Crippen LogP) is 1.45. The van der Waals surface area contributed by atoms with Crippen molar-refractivity contribution in [3.8, 4) is 0 Å². The first-order valence-corrected chi connectivity index (χ1v) is 5.24. The number of hydrogen-bond donors (Lipinski definition) is 2. The standard InChI is InChI=1S/C11H15N3O3/c1-8-3-4-10(11(7-8)14(16)17)13-6-5-12-9(2)15/h3-4,7,13H,5-6H2,1-2H3,(H,12,15). The van der Waals surface area contributed by atoms with Crippen LogP contribution in [0.25, 0.3) is 0 Å². The number of anilines is 1. The van der Waals surface area contributed by atoms with Gasteiger partial charge in [-0.2, -0.15) is 0 Å². The Bertz CT molecular complexity index is 432. The summed E-state index contributed by atoms with van der Waals surface area (Å²) in [5.41, 5.74) is 1.35. The Hall–Kier alpha value is -2.11. The fourth-order valence-electron chi connectivity index (χ4n) is 1.38. The highest BCUT2D eigenvalue weighted by Gasteiger charge is 2.12. The number of benzene rings is 1. The van der Waals surface area contributed by atoms with Crippen LogP contribution in [0.1, 0.15) is 12.5 Å². The molecule has 0 unspecified atom stereocenters. The number of nitrogens with zero attached hydrogens (tertiary/aromatic N) is 1. The van der Waals surface area contributed by atoms with Crippen molar-refractivity contribution in [1.29, 1.82) is 0 Å². The molecule has 0 bridgehead atoms. The van der Waals surface area contributed by atoms with E-state index in [0.29, 0.717) is 18.8 Å². The van der Waals surface area contributed by atoms with E-state index in [9.17, 15) is 14.9 Å². The number of aryl methyl sites for hydroxylation is 1. The molecule has 0 saturated carbocycles. The van der Waals surface area contributed by atoms with Crippen LogP contribution in [-0.2, 0) is 4.79 Å². The lowest BCUT2D eigenvalue weighted by Gasteiger charge is -2.07. The molecule has 17 heavy (non-hydrogen) atoms. The third-order valence-electron chi connectivity index (χ3n) is 2.16. The zero-order valence-electron chi connectivity index (χ0n) is 9.82. The fourth-order valence-corrected chi connectivity index (χ4v) is 1.38. The molecule has 1 aromatic carbocycles. The zero-order chi connectivity index (χ0) is 12.8. The van der Waals surface area contributed by atoms with Gasteiger partial charge in [-0.15, -0.1) is 0 Å². The third-order valence-corrected chi connectivity index (χ3v) is 2.16. The van der Waals surface area contributed by atoms with Crippen LogP contribution in [0.4, 0.5) is 11.4 Å². The minimum absolute atomic E-state index is 0.0489. The van der Waals surface area contributed by atoms with Crippen LogP contribution < -0.4 is 10.6 Å². The normalized spacial score (nSPS) is 9.76. The summed E-state index contributed by atoms with van der Waals surface area (Å²) in [6.45, 7) is 4.10. The monoisotopic (exact) mass is 237 g/mol. The SMILES string of the molecule is CC(=O)NCCNc1ccc(C)cc1[N+](=O)[O-]. The molecule has 0 spiro atoms. The second-order valence-electron chi connectivity index (χ2n) is 3.69. The van der Waals surface area contributed by atoms with Crippen LogP contribution in [0.15, 0.2) is 18.2 Å². The summed E-state index contributed by atoms with van der Waals surface area (Å²) in [6.07, 6.45) is 0. The number of carbonyl (C=O) groups excluding carboxylic acids is 1. The Kier molecular flexibility index (Phi) is 4.45. The second-order valence-corrected chi connectivity index (χ2v) is 3.69. The maximum atomic E-state index is 10.8. The highest BCUT2D eigenvalue weighted by Crippen LogP contribution is 2.24. The maximum Gasteiger partial charge on any atom is 0.292 e. The van der Waals surface area contributed by atoms with Gasteiger partial charge in [0, 0.05) is 26.1 Å². The van der Waals surface area contributed by atoms with Gasteiger partial charge in [-0.1, -0.05) is 6.07 Å². The number of carbonyl (C=O) groups is 1.